The van der Waals surface area contributed by atoms with Crippen molar-refractivity contribution in [2.75, 3.05) is 11.9 Å². The van der Waals surface area contributed by atoms with Crippen molar-refractivity contribution in [2.45, 2.75) is 5.32 Å². The zero-order valence-electron chi connectivity index (χ0n) is 6.96. The number of rotatable bonds is 4. The molecule has 1 aromatic rings. The van der Waals surface area contributed by atoms with Crippen LogP contribution in [0, 0.1) is 0 Å². The van der Waals surface area contributed by atoms with Crippen molar-refractivity contribution in [3.8, 4) is 0 Å². The van der Waals surface area contributed by atoms with Crippen LogP contribution in [-0.4, -0.2) is 22.6 Å². The molecule has 2 heteroatoms. The fourth-order valence-electron chi connectivity index (χ4n) is 1.01. The average molecular weight is 226 g/mol. The third kappa shape index (κ3) is 2.40. The van der Waals surface area contributed by atoms with Crippen LogP contribution in [0.25, 0.3) is 0 Å². The van der Waals surface area contributed by atoms with Crippen LogP contribution in [0.4, 0.5) is 5.69 Å². The van der Waals surface area contributed by atoms with Crippen LogP contribution in [0.2, 0.25) is 0 Å². The summed E-state index contributed by atoms with van der Waals surface area (Å²) >= 11 is 2.59. The van der Waals surface area contributed by atoms with Gasteiger partial charge in [0.15, 0.2) is 0 Å². The minimum absolute atomic E-state index is 0.823. The van der Waals surface area contributed by atoms with Gasteiger partial charge < -0.3 is 0 Å². The van der Waals surface area contributed by atoms with E-state index in [1.165, 1.54) is 11.3 Å². The molecular formula is C10H13NSe. The summed E-state index contributed by atoms with van der Waals surface area (Å²) in [5, 5.41) is 4.29. The molecule has 0 aliphatic heterocycles. The summed E-state index contributed by atoms with van der Waals surface area (Å²) in [5.74, 6) is 0. The quantitative estimate of drug-likeness (QED) is 0.608. The van der Waals surface area contributed by atoms with Gasteiger partial charge in [-0.1, -0.05) is 0 Å². The first kappa shape index (κ1) is 9.37. The van der Waals surface area contributed by atoms with Gasteiger partial charge >= 0.3 is 81.4 Å². The van der Waals surface area contributed by atoms with Gasteiger partial charge in [0.1, 0.15) is 0 Å². The number of benzene rings is 1. The van der Waals surface area contributed by atoms with E-state index in [0.717, 1.165) is 11.9 Å². The molecule has 0 spiro atoms. The maximum absolute atomic E-state index is 3.66. The molecule has 0 bridgehead atoms. The van der Waals surface area contributed by atoms with E-state index in [1.807, 2.05) is 12.1 Å². The van der Waals surface area contributed by atoms with Gasteiger partial charge in [-0.2, -0.15) is 0 Å². The van der Waals surface area contributed by atoms with Crippen LogP contribution < -0.4 is 5.32 Å². The number of anilines is 1. The third-order valence-corrected chi connectivity index (χ3v) is 2.34. The van der Waals surface area contributed by atoms with Gasteiger partial charge in [-0.05, 0) is 0 Å². The average Bonchev–Trinajstić information content (AvgIpc) is 2.15. The van der Waals surface area contributed by atoms with E-state index < -0.39 is 0 Å². The molecule has 1 aromatic carbocycles. The van der Waals surface area contributed by atoms with E-state index in [-0.39, 0.29) is 0 Å². The first-order valence-corrected chi connectivity index (χ1v) is 5.24. The van der Waals surface area contributed by atoms with Crippen molar-refractivity contribution in [3.05, 3.63) is 42.5 Å². The second-order valence-electron chi connectivity index (χ2n) is 2.48. The molecule has 1 nitrogen and oxygen atoms in total. The first-order valence-electron chi connectivity index (χ1n) is 3.92. The number of hydrogen-bond donors (Lipinski definition) is 1. The van der Waals surface area contributed by atoms with Crippen LogP contribution in [0.1, 0.15) is 5.56 Å². The third-order valence-electron chi connectivity index (χ3n) is 1.62. The Kier molecular flexibility index (Phi) is 3.92. The van der Waals surface area contributed by atoms with E-state index in [9.17, 15) is 0 Å². The molecule has 0 amide bonds. The van der Waals surface area contributed by atoms with Crippen molar-refractivity contribution >= 4 is 21.7 Å². The van der Waals surface area contributed by atoms with E-state index in [4.69, 9.17) is 0 Å². The monoisotopic (exact) mass is 227 g/mol. The summed E-state index contributed by atoms with van der Waals surface area (Å²) in [4.78, 5) is 0. The summed E-state index contributed by atoms with van der Waals surface area (Å²) in [5.41, 5.74) is 2.54. The van der Waals surface area contributed by atoms with Gasteiger partial charge in [0.05, 0.1) is 0 Å². The number of nitrogens with one attached hydrogen (secondary N) is 1. The van der Waals surface area contributed by atoms with E-state index in [2.05, 4.69) is 46.1 Å². The molecule has 0 fully saturated rings. The van der Waals surface area contributed by atoms with Crippen LogP contribution >= 0.6 is 0 Å². The zero-order chi connectivity index (χ0) is 8.81. The topological polar surface area (TPSA) is 12.0 Å². The molecule has 0 aliphatic rings. The van der Waals surface area contributed by atoms with E-state index in [0.29, 0.717) is 0 Å². The second-order valence-corrected chi connectivity index (χ2v) is 3.15. The summed E-state index contributed by atoms with van der Waals surface area (Å²) in [7, 11) is 0. The molecule has 0 unspecified atom stereocenters. The van der Waals surface area contributed by atoms with Crippen LogP contribution in [0.15, 0.2) is 36.9 Å². The van der Waals surface area contributed by atoms with Crippen LogP contribution in [0.5, 0.6) is 0 Å². The van der Waals surface area contributed by atoms with Gasteiger partial charge in [0.2, 0.25) is 0 Å². The Hall–Kier alpha value is -0.721. The number of hydrogen-bond acceptors (Lipinski definition) is 1. The minimum atomic E-state index is 0.823. The van der Waals surface area contributed by atoms with Gasteiger partial charge in [-0.15, -0.1) is 0 Å². The van der Waals surface area contributed by atoms with Crippen molar-refractivity contribution in [1.29, 1.82) is 0 Å². The molecule has 0 aliphatic carbocycles. The van der Waals surface area contributed by atoms with Gasteiger partial charge in [0, 0.05) is 0 Å². The Balaban J connectivity index is 2.74. The molecule has 0 atom stereocenters. The molecule has 0 radical (unpaired) electrons. The van der Waals surface area contributed by atoms with Crippen molar-refractivity contribution in [3.63, 3.8) is 0 Å². The second kappa shape index (κ2) is 5.02. The molecule has 1 rings (SSSR count). The van der Waals surface area contributed by atoms with Crippen LogP contribution in [-0.2, 0) is 5.32 Å². The van der Waals surface area contributed by atoms with Crippen LogP contribution in [0.3, 0.4) is 0 Å². The Bertz CT molecular complexity index is 258. The summed E-state index contributed by atoms with van der Waals surface area (Å²) in [6.45, 7) is 4.49. The SMILES string of the molecule is C=CCNc1ccccc1C[SeH]. The van der Waals surface area contributed by atoms with Gasteiger partial charge in [-0.25, -0.2) is 0 Å². The van der Waals surface area contributed by atoms with Gasteiger partial charge in [0.25, 0.3) is 0 Å². The molecule has 0 heterocycles. The molecule has 64 valence electrons. The summed E-state index contributed by atoms with van der Waals surface area (Å²) in [6, 6.07) is 8.31. The Morgan fingerprint density at radius 2 is 2.17 bits per heavy atom. The molecule has 12 heavy (non-hydrogen) atoms. The van der Waals surface area contributed by atoms with Crippen molar-refractivity contribution in [1.82, 2.24) is 0 Å². The first-order chi connectivity index (χ1) is 5.88. The van der Waals surface area contributed by atoms with Crippen molar-refractivity contribution in [2.24, 2.45) is 0 Å². The number of para-hydroxylation sites is 1. The molecule has 1 N–H and O–H groups in total. The Morgan fingerprint density at radius 3 is 2.83 bits per heavy atom. The fourth-order valence-corrected chi connectivity index (χ4v) is 1.59. The molecular weight excluding hydrogens is 213 g/mol. The zero-order valence-corrected chi connectivity index (χ0v) is 8.83. The van der Waals surface area contributed by atoms with E-state index in [1.54, 1.807) is 0 Å². The Morgan fingerprint density at radius 1 is 1.42 bits per heavy atom. The normalized spacial score (nSPS) is 9.42. The fraction of sp³-hybridized carbons (Fsp3) is 0.200. The standard InChI is InChI=1S/C10H13NSe/c1-2-7-11-10-6-4-3-5-9(10)8-12/h2-6,11-12H,1,7-8H2. The summed E-state index contributed by atoms with van der Waals surface area (Å²) in [6.07, 6.45) is 1.86. The Labute approximate surface area is 81.7 Å². The predicted octanol–water partition coefficient (Wildman–Crippen LogP) is 1.69. The molecule has 0 aromatic heterocycles. The van der Waals surface area contributed by atoms with Gasteiger partial charge in [-0.3, -0.25) is 0 Å². The molecule has 0 saturated carbocycles. The summed E-state index contributed by atoms with van der Waals surface area (Å²) < 4.78 is 0. The van der Waals surface area contributed by atoms with E-state index >= 15 is 0 Å². The molecule has 0 saturated heterocycles. The van der Waals surface area contributed by atoms with Crippen molar-refractivity contribution < 1.29 is 0 Å². The predicted molar refractivity (Wildman–Crippen MR) is 56.0 cm³/mol. The maximum atomic E-state index is 3.66.